The number of halogens is 1. The average Bonchev–Trinajstić information content (AvgIpc) is 2.35. The molecular weight excluding hydrogens is 228 g/mol. The molecule has 0 aromatic heterocycles. The predicted octanol–water partition coefficient (Wildman–Crippen LogP) is 0.990. The van der Waals surface area contributed by atoms with Crippen molar-refractivity contribution in [1.82, 2.24) is 10.2 Å². The van der Waals surface area contributed by atoms with Gasteiger partial charge in [-0.15, -0.1) is 11.6 Å². The normalized spacial score (nSPS) is 17.2. The van der Waals surface area contributed by atoms with Crippen LogP contribution in [0.3, 0.4) is 0 Å². The monoisotopic (exact) mass is 246 g/mol. The Morgan fingerprint density at radius 1 is 1.38 bits per heavy atom. The minimum atomic E-state index is 0.0714. The SMILES string of the molecule is CNC(=O)C1CCN(C(=O)CCCCl)CC1. The van der Waals surface area contributed by atoms with Gasteiger partial charge in [0.05, 0.1) is 0 Å². The zero-order valence-corrected chi connectivity index (χ0v) is 10.4. The molecule has 4 nitrogen and oxygen atoms in total. The third kappa shape index (κ3) is 3.67. The molecule has 1 aliphatic heterocycles. The van der Waals surface area contributed by atoms with Crippen LogP contribution < -0.4 is 5.32 Å². The van der Waals surface area contributed by atoms with E-state index in [4.69, 9.17) is 11.6 Å². The van der Waals surface area contributed by atoms with Crippen molar-refractivity contribution in [1.29, 1.82) is 0 Å². The van der Waals surface area contributed by atoms with E-state index < -0.39 is 0 Å². The first-order valence-corrected chi connectivity index (χ1v) is 6.27. The quantitative estimate of drug-likeness (QED) is 0.752. The number of hydrogen-bond donors (Lipinski definition) is 1. The first-order chi connectivity index (χ1) is 7.69. The minimum absolute atomic E-state index is 0.0714. The van der Waals surface area contributed by atoms with Crippen molar-refractivity contribution in [3.05, 3.63) is 0 Å². The molecule has 0 saturated carbocycles. The van der Waals surface area contributed by atoms with Gasteiger partial charge in [-0.25, -0.2) is 0 Å². The number of carbonyl (C=O) groups is 2. The number of amides is 2. The topological polar surface area (TPSA) is 49.4 Å². The molecule has 1 fully saturated rings. The van der Waals surface area contributed by atoms with E-state index in [-0.39, 0.29) is 17.7 Å². The molecule has 0 radical (unpaired) electrons. The van der Waals surface area contributed by atoms with Crippen LogP contribution in [0.1, 0.15) is 25.7 Å². The maximum atomic E-state index is 11.7. The fraction of sp³-hybridized carbons (Fsp3) is 0.818. The average molecular weight is 247 g/mol. The maximum Gasteiger partial charge on any atom is 0.222 e. The summed E-state index contributed by atoms with van der Waals surface area (Å²) in [7, 11) is 1.65. The Kier molecular flexibility index (Phi) is 5.60. The van der Waals surface area contributed by atoms with Gasteiger partial charge in [0.1, 0.15) is 0 Å². The number of hydrogen-bond acceptors (Lipinski definition) is 2. The standard InChI is InChI=1S/C11H19ClN2O2/c1-13-11(16)9-4-7-14(8-5-9)10(15)3-2-6-12/h9H,2-8H2,1H3,(H,13,16). The van der Waals surface area contributed by atoms with E-state index in [0.717, 1.165) is 19.3 Å². The van der Waals surface area contributed by atoms with Gasteiger partial charge >= 0.3 is 0 Å². The minimum Gasteiger partial charge on any atom is -0.359 e. The molecule has 0 bridgehead atoms. The molecule has 1 aliphatic rings. The van der Waals surface area contributed by atoms with Gasteiger partial charge in [0.15, 0.2) is 0 Å². The van der Waals surface area contributed by atoms with E-state index in [1.165, 1.54) is 0 Å². The number of nitrogens with zero attached hydrogens (tertiary/aromatic N) is 1. The number of piperidine rings is 1. The van der Waals surface area contributed by atoms with Crippen molar-refractivity contribution in [2.75, 3.05) is 26.0 Å². The van der Waals surface area contributed by atoms with Crippen LogP contribution in [0.2, 0.25) is 0 Å². The van der Waals surface area contributed by atoms with Crippen molar-refractivity contribution in [3.63, 3.8) is 0 Å². The van der Waals surface area contributed by atoms with E-state index in [9.17, 15) is 9.59 Å². The Morgan fingerprint density at radius 2 is 2.00 bits per heavy atom. The molecule has 1 rings (SSSR count). The van der Waals surface area contributed by atoms with Crippen molar-refractivity contribution >= 4 is 23.4 Å². The number of rotatable bonds is 4. The van der Waals surface area contributed by atoms with Crippen LogP contribution >= 0.6 is 11.6 Å². The van der Waals surface area contributed by atoms with E-state index in [1.807, 2.05) is 4.90 Å². The molecule has 1 heterocycles. The van der Waals surface area contributed by atoms with E-state index in [2.05, 4.69) is 5.32 Å². The van der Waals surface area contributed by atoms with Gasteiger partial charge in [-0.05, 0) is 19.3 Å². The Balaban J connectivity index is 2.31. The lowest BCUT2D eigenvalue weighted by atomic mass is 9.96. The van der Waals surface area contributed by atoms with Gasteiger partial charge in [0, 0.05) is 38.4 Å². The molecule has 0 atom stereocenters. The van der Waals surface area contributed by atoms with Crippen LogP contribution in [0, 0.1) is 5.92 Å². The Morgan fingerprint density at radius 3 is 2.50 bits per heavy atom. The van der Waals surface area contributed by atoms with Crippen molar-refractivity contribution in [2.45, 2.75) is 25.7 Å². The smallest absolute Gasteiger partial charge is 0.222 e. The summed E-state index contributed by atoms with van der Waals surface area (Å²) in [5, 5.41) is 2.65. The molecule has 5 heteroatoms. The zero-order chi connectivity index (χ0) is 12.0. The largest absolute Gasteiger partial charge is 0.359 e. The van der Waals surface area contributed by atoms with E-state index >= 15 is 0 Å². The number of alkyl halides is 1. The maximum absolute atomic E-state index is 11.7. The van der Waals surface area contributed by atoms with Gasteiger partial charge in [0.25, 0.3) is 0 Å². The summed E-state index contributed by atoms with van der Waals surface area (Å²) < 4.78 is 0. The molecule has 0 aromatic rings. The predicted molar refractivity (Wildman–Crippen MR) is 63.3 cm³/mol. The summed E-state index contributed by atoms with van der Waals surface area (Å²) in [4.78, 5) is 24.9. The second-order valence-corrected chi connectivity index (χ2v) is 4.44. The summed E-state index contributed by atoms with van der Waals surface area (Å²) in [6.07, 6.45) is 2.79. The molecule has 1 saturated heterocycles. The van der Waals surface area contributed by atoms with E-state index in [0.29, 0.717) is 25.4 Å². The van der Waals surface area contributed by atoms with Crippen LogP contribution in [0.25, 0.3) is 0 Å². The molecule has 1 N–H and O–H groups in total. The summed E-state index contributed by atoms with van der Waals surface area (Å²) in [5.74, 6) is 0.853. The first-order valence-electron chi connectivity index (χ1n) is 5.74. The summed E-state index contributed by atoms with van der Waals surface area (Å²) in [5.41, 5.74) is 0. The van der Waals surface area contributed by atoms with Crippen LogP contribution in [0.5, 0.6) is 0 Å². The molecular formula is C11H19ClN2O2. The van der Waals surface area contributed by atoms with Gasteiger partial charge < -0.3 is 10.2 Å². The van der Waals surface area contributed by atoms with Gasteiger partial charge in [0.2, 0.25) is 11.8 Å². The number of likely N-dealkylation sites (tertiary alicyclic amines) is 1. The van der Waals surface area contributed by atoms with Gasteiger partial charge in [-0.3, -0.25) is 9.59 Å². The van der Waals surface area contributed by atoms with Crippen LogP contribution in [-0.2, 0) is 9.59 Å². The lowest BCUT2D eigenvalue weighted by Crippen LogP contribution is -2.42. The highest BCUT2D eigenvalue weighted by Gasteiger charge is 2.26. The molecule has 0 aromatic carbocycles. The summed E-state index contributed by atoms with van der Waals surface area (Å²) in [6.45, 7) is 1.39. The molecule has 0 spiro atoms. The Hall–Kier alpha value is -0.770. The first kappa shape index (κ1) is 13.3. The second kappa shape index (κ2) is 6.74. The van der Waals surface area contributed by atoms with Gasteiger partial charge in [-0.1, -0.05) is 0 Å². The van der Waals surface area contributed by atoms with Crippen LogP contribution in [0.4, 0.5) is 0 Å². The van der Waals surface area contributed by atoms with Gasteiger partial charge in [-0.2, -0.15) is 0 Å². The third-order valence-corrected chi connectivity index (χ3v) is 3.26. The Labute approximate surface area is 101 Å². The fourth-order valence-electron chi connectivity index (χ4n) is 1.97. The molecule has 0 unspecified atom stereocenters. The lowest BCUT2D eigenvalue weighted by Gasteiger charge is -2.31. The number of nitrogens with one attached hydrogen (secondary N) is 1. The fourth-order valence-corrected chi connectivity index (χ4v) is 2.10. The highest BCUT2D eigenvalue weighted by Crippen LogP contribution is 2.18. The molecule has 2 amide bonds. The van der Waals surface area contributed by atoms with Crippen molar-refractivity contribution in [2.24, 2.45) is 5.92 Å². The highest BCUT2D eigenvalue weighted by molar-refractivity contribution is 6.17. The van der Waals surface area contributed by atoms with Crippen LogP contribution in [0.15, 0.2) is 0 Å². The Bertz CT molecular complexity index is 250. The van der Waals surface area contributed by atoms with Crippen LogP contribution in [-0.4, -0.2) is 42.7 Å². The molecule has 92 valence electrons. The third-order valence-electron chi connectivity index (χ3n) is 2.99. The zero-order valence-electron chi connectivity index (χ0n) is 9.67. The van der Waals surface area contributed by atoms with E-state index in [1.54, 1.807) is 7.05 Å². The summed E-state index contributed by atoms with van der Waals surface area (Å²) >= 11 is 5.54. The van der Waals surface area contributed by atoms with Crippen molar-refractivity contribution in [3.8, 4) is 0 Å². The van der Waals surface area contributed by atoms with Crippen molar-refractivity contribution < 1.29 is 9.59 Å². The lowest BCUT2D eigenvalue weighted by molar-refractivity contribution is -0.135. The second-order valence-electron chi connectivity index (χ2n) is 4.06. The molecule has 16 heavy (non-hydrogen) atoms. The highest BCUT2D eigenvalue weighted by atomic mass is 35.5. The molecule has 0 aliphatic carbocycles. The summed E-state index contributed by atoms with van der Waals surface area (Å²) in [6, 6.07) is 0. The number of carbonyl (C=O) groups excluding carboxylic acids is 2.